The molecule has 0 spiro atoms. The summed E-state index contributed by atoms with van der Waals surface area (Å²) in [5.74, 6) is 0.0213. The molecule has 1 amide bonds. The molecule has 0 aliphatic rings. The summed E-state index contributed by atoms with van der Waals surface area (Å²) >= 11 is 0.257. The van der Waals surface area contributed by atoms with E-state index in [0.29, 0.717) is 0 Å². The Morgan fingerprint density at radius 2 is 1.62 bits per heavy atom. The van der Waals surface area contributed by atoms with Crippen LogP contribution < -0.4 is 9.78 Å². The van der Waals surface area contributed by atoms with Crippen molar-refractivity contribution in [2.24, 2.45) is 0 Å². The number of amides is 1. The second-order valence-corrected chi connectivity index (χ2v) is 8.11. The van der Waals surface area contributed by atoms with Crippen molar-refractivity contribution in [2.45, 2.75) is 31.6 Å². The summed E-state index contributed by atoms with van der Waals surface area (Å²) in [7, 11) is 0. The van der Waals surface area contributed by atoms with Crippen LogP contribution in [0.5, 0.6) is 0 Å². The summed E-state index contributed by atoms with van der Waals surface area (Å²) in [5, 5.41) is 4.05. The van der Waals surface area contributed by atoms with Crippen LogP contribution in [0.25, 0.3) is 0 Å². The van der Waals surface area contributed by atoms with E-state index in [0.717, 1.165) is 15.3 Å². The van der Waals surface area contributed by atoms with Crippen LogP contribution in [-0.4, -0.2) is 26.4 Å². The molecule has 0 saturated carbocycles. The fourth-order valence-electron chi connectivity index (χ4n) is 1.92. The molecule has 2 nitrogen and oxygen atoms in total. The number of hydrogen-bond acceptors (Lipinski definition) is 1. The van der Waals surface area contributed by atoms with Gasteiger partial charge in [0.05, 0.1) is 0 Å². The summed E-state index contributed by atoms with van der Waals surface area (Å²) in [6, 6.07) is 18.4. The molecule has 1 N–H and O–H groups in total. The van der Waals surface area contributed by atoms with E-state index < -0.39 is 0 Å². The Bertz CT molecular complexity index is 602. The van der Waals surface area contributed by atoms with Crippen LogP contribution in [0.15, 0.2) is 54.6 Å². The SMILES string of the molecule is CC(C)(C)NC(=O)c1ccccc1[Se]Cc1ccccc1. The summed E-state index contributed by atoms with van der Waals surface area (Å²) in [4.78, 5) is 12.4. The molecule has 2 aromatic rings. The third-order valence-electron chi connectivity index (χ3n) is 2.86. The molecule has 0 unspecified atom stereocenters. The maximum atomic E-state index is 12.4. The molecule has 0 atom stereocenters. The van der Waals surface area contributed by atoms with E-state index in [1.807, 2.05) is 45.0 Å². The number of rotatable bonds is 4. The van der Waals surface area contributed by atoms with Gasteiger partial charge in [0.15, 0.2) is 0 Å². The standard InChI is InChI=1S/C18H21NOSe/c1-18(2,3)19-17(20)15-11-7-8-12-16(15)21-13-14-9-5-4-6-10-14/h4-12H,13H2,1-3H3,(H,19,20). The Morgan fingerprint density at radius 3 is 2.29 bits per heavy atom. The summed E-state index contributed by atoms with van der Waals surface area (Å²) in [6.45, 7) is 6.01. The van der Waals surface area contributed by atoms with E-state index in [-0.39, 0.29) is 26.4 Å². The number of nitrogens with one attached hydrogen (secondary N) is 1. The first-order chi connectivity index (χ1) is 9.96. The maximum absolute atomic E-state index is 12.4. The Balaban J connectivity index is 2.12. The molecule has 0 heterocycles. The normalized spacial score (nSPS) is 11.2. The molecular weight excluding hydrogens is 325 g/mol. The zero-order valence-electron chi connectivity index (χ0n) is 12.7. The Hall–Kier alpha value is -1.57. The zero-order chi connectivity index (χ0) is 15.3. The number of benzene rings is 2. The summed E-state index contributed by atoms with van der Waals surface area (Å²) in [6.07, 6.45) is 0. The van der Waals surface area contributed by atoms with E-state index in [4.69, 9.17) is 0 Å². The van der Waals surface area contributed by atoms with Crippen LogP contribution in [0.3, 0.4) is 0 Å². The second kappa shape index (κ2) is 6.93. The van der Waals surface area contributed by atoms with Gasteiger partial charge in [-0.1, -0.05) is 0 Å². The molecule has 3 heteroatoms. The number of hydrogen-bond donors (Lipinski definition) is 1. The van der Waals surface area contributed by atoms with Crippen molar-refractivity contribution in [3.05, 3.63) is 65.7 Å². The molecular formula is C18H21NOSe. The van der Waals surface area contributed by atoms with Crippen LogP contribution in [0, 0.1) is 0 Å². The van der Waals surface area contributed by atoms with Crippen molar-refractivity contribution < 1.29 is 4.79 Å². The van der Waals surface area contributed by atoms with Crippen molar-refractivity contribution >= 4 is 25.3 Å². The van der Waals surface area contributed by atoms with E-state index in [1.165, 1.54) is 5.56 Å². The molecule has 110 valence electrons. The number of carbonyl (C=O) groups is 1. The summed E-state index contributed by atoms with van der Waals surface area (Å²) < 4.78 is 1.16. The molecule has 0 fully saturated rings. The first kappa shape index (κ1) is 15.8. The minimum atomic E-state index is -0.212. The first-order valence-electron chi connectivity index (χ1n) is 7.04. The van der Waals surface area contributed by atoms with Crippen molar-refractivity contribution in [3.8, 4) is 0 Å². The van der Waals surface area contributed by atoms with Crippen molar-refractivity contribution in [2.75, 3.05) is 0 Å². The monoisotopic (exact) mass is 347 g/mol. The van der Waals surface area contributed by atoms with Gasteiger partial charge in [0.1, 0.15) is 0 Å². The van der Waals surface area contributed by atoms with Gasteiger partial charge in [0.25, 0.3) is 0 Å². The van der Waals surface area contributed by atoms with Crippen LogP contribution in [0.4, 0.5) is 0 Å². The molecule has 2 aromatic carbocycles. The average molecular weight is 346 g/mol. The molecule has 0 radical (unpaired) electrons. The molecule has 21 heavy (non-hydrogen) atoms. The van der Waals surface area contributed by atoms with E-state index in [1.54, 1.807) is 0 Å². The van der Waals surface area contributed by atoms with E-state index in [9.17, 15) is 4.79 Å². The van der Waals surface area contributed by atoms with Gasteiger partial charge in [-0.25, -0.2) is 0 Å². The predicted molar refractivity (Wildman–Crippen MR) is 89.2 cm³/mol. The van der Waals surface area contributed by atoms with Crippen LogP contribution >= 0.6 is 0 Å². The van der Waals surface area contributed by atoms with Gasteiger partial charge in [0.2, 0.25) is 0 Å². The van der Waals surface area contributed by atoms with E-state index >= 15 is 0 Å². The van der Waals surface area contributed by atoms with Gasteiger partial charge >= 0.3 is 133 Å². The van der Waals surface area contributed by atoms with Crippen molar-refractivity contribution in [1.29, 1.82) is 0 Å². The zero-order valence-corrected chi connectivity index (χ0v) is 14.4. The van der Waals surface area contributed by atoms with Crippen molar-refractivity contribution in [1.82, 2.24) is 5.32 Å². The average Bonchev–Trinajstić information content (AvgIpc) is 2.45. The quantitative estimate of drug-likeness (QED) is 0.848. The molecule has 0 bridgehead atoms. The van der Waals surface area contributed by atoms with Crippen LogP contribution in [0.1, 0.15) is 36.7 Å². The van der Waals surface area contributed by atoms with Gasteiger partial charge in [-0.05, 0) is 0 Å². The Morgan fingerprint density at radius 1 is 1.00 bits per heavy atom. The van der Waals surface area contributed by atoms with Crippen LogP contribution in [-0.2, 0) is 5.32 Å². The summed E-state index contributed by atoms with van der Waals surface area (Å²) in [5.41, 5.74) is 1.92. The molecule has 0 aliphatic carbocycles. The minimum absolute atomic E-state index is 0.0213. The first-order valence-corrected chi connectivity index (χ1v) is 9.11. The molecule has 0 saturated heterocycles. The topological polar surface area (TPSA) is 29.1 Å². The predicted octanol–water partition coefficient (Wildman–Crippen LogP) is 2.74. The van der Waals surface area contributed by atoms with Crippen LogP contribution in [0.2, 0.25) is 0 Å². The number of carbonyl (C=O) groups excluding carboxylic acids is 1. The van der Waals surface area contributed by atoms with Gasteiger partial charge in [-0.15, -0.1) is 0 Å². The van der Waals surface area contributed by atoms with Crippen molar-refractivity contribution in [3.63, 3.8) is 0 Å². The van der Waals surface area contributed by atoms with Gasteiger partial charge in [0, 0.05) is 0 Å². The Kier molecular flexibility index (Phi) is 5.22. The fourth-order valence-corrected chi connectivity index (χ4v) is 4.03. The Labute approximate surface area is 133 Å². The van der Waals surface area contributed by atoms with E-state index in [2.05, 4.69) is 35.6 Å². The van der Waals surface area contributed by atoms with Gasteiger partial charge < -0.3 is 0 Å². The van der Waals surface area contributed by atoms with Gasteiger partial charge in [-0.3, -0.25) is 0 Å². The third kappa shape index (κ3) is 5.04. The fraction of sp³-hybridized carbons (Fsp3) is 0.278. The molecule has 2 rings (SSSR count). The van der Waals surface area contributed by atoms with Gasteiger partial charge in [-0.2, -0.15) is 0 Å². The molecule has 0 aliphatic heterocycles. The molecule has 0 aromatic heterocycles. The second-order valence-electron chi connectivity index (χ2n) is 5.97. The third-order valence-corrected chi connectivity index (χ3v) is 5.26.